The Morgan fingerprint density at radius 3 is 2.62 bits per heavy atom. The Morgan fingerprint density at radius 1 is 1.18 bits per heavy atom. The lowest BCUT2D eigenvalue weighted by molar-refractivity contribution is -0.162. The molecule has 3 aromatic rings. The van der Waals surface area contributed by atoms with E-state index in [1.807, 2.05) is 12.1 Å². The number of hydrogen-bond donors (Lipinski definition) is 1. The van der Waals surface area contributed by atoms with Crippen molar-refractivity contribution in [3.05, 3.63) is 22.9 Å². The fourth-order valence-corrected chi connectivity index (χ4v) is 6.17. The highest BCUT2D eigenvalue weighted by Crippen LogP contribution is 2.43. The number of nitrogen functional groups attached to an aromatic ring is 1. The summed E-state index contributed by atoms with van der Waals surface area (Å²) in [4.78, 5) is 40.8. The number of aryl methyl sites for hydroxylation is 1. The summed E-state index contributed by atoms with van der Waals surface area (Å²) < 4.78 is 19.3. The molecule has 1 atom stereocenters. The summed E-state index contributed by atoms with van der Waals surface area (Å²) in [6, 6.07) is 3.83. The Morgan fingerprint density at radius 2 is 1.90 bits per heavy atom. The van der Waals surface area contributed by atoms with E-state index in [9.17, 15) is 9.59 Å². The normalized spacial score (nSPS) is 16.2. The number of piperidine rings is 1. The van der Waals surface area contributed by atoms with Crippen LogP contribution in [0.15, 0.2) is 33.0 Å². The van der Waals surface area contributed by atoms with Gasteiger partial charge in [-0.1, -0.05) is 25.6 Å². The zero-order chi connectivity index (χ0) is 27.7. The van der Waals surface area contributed by atoms with Gasteiger partial charge in [0.2, 0.25) is 6.79 Å². The molecule has 1 saturated heterocycles. The second-order valence-electron chi connectivity index (χ2n) is 10.0. The lowest BCUT2D eigenvalue weighted by Crippen LogP contribution is -2.44. The van der Waals surface area contributed by atoms with Crippen molar-refractivity contribution in [2.75, 3.05) is 25.6 Å². The molecular formula is C26H31BrN6O5S. The molecule has 1 aromatic carbocycles. The van der Waals surface area contributed by atoms with E-state index in [2.05, 4.69) is 30.5 Å². The van der Waals surface area contributed by atoms with Crippen molar-refractivity contribution in [1.82, 2.24) is 24.4 Å². The van der Waals surface area contributed by atoms with Crippen LogP contribution < -0.4 is 15.2 Å². The van der Waals surface area contributed by atoms with E-state index >= 15 is 0 Å². The van der Waals surface area contributed by atoms with Gasteiger partial charge in [0, 0.05) is 29.0 Å². The number of benzene rings is 1. The van der Waals surface area contributed by atoms with Gasteiger partial charge in [0.05, 0.1) is 5.92 Å². The van der Waals surface area contributed by atoms with E-state index in [4.69, 9.17) is 24.9 Å². The maximum absolute atomic E-state index is 12.8. The Bertz CT molecular complexity index is 1390. The van der Waals surface area contributed by atoms with Crippen molar-refractivity contribution >= 4 is 56.6 Å². The summed E-state index contributed by atoms with van der Waals surface area (Å²) in [5.41, 5.74) is 7.40. The molecule has 1 amide bonds. The van der Waals surface area contributed by atoms with Crippen LogP contribution in [0.2, 0.25) is 0 Å². The van der Waals surface area contributed by atoms with Crippen molar-refractivity contribution < 1.29 is 23.8 Å². The number of anilines is 1. The Hall–Kier alpha value is -3.06. The number of fused-ring (bicyclic) bond motifs is 2. The molecule has 4 heterocycles. The molecule has 208 valence electrons. The molecule has 5 rings (SSSR count). The Labute approximate surface area is 238 Å². The summed E-state index contributed by atoms with van der Waals surface area (Å²) in [6.45, 7) is 7.33. The maximum atomic E-state index is 12.8. The second-order valence-corrected chi connectivity index (χ2v) is 11.9. The molecule has 39 heavy (non-hydrogen) atoms. The fraction of sp³-hybridized carbons (Fsp3) is 0.500. The summed E-state index contributed by atoms with van der Waals surface area (Å²) >= 11 is 5.13. The van der Waals surface area contributed by atoms with Gasteiger partial charge in [-0.2, -0.15) is 0 Å². The highest BCUT2D eigenvalue weighted by molar-refractivity contribution is 9.10. The quantitative estimate of drug-likeness (QED) is 0.365. The average molecular weight is 620 g/mol. The number of rotatable bonds is 8. The number of esters is 1. The number of carbonyl (C=O) groups is 2. The topological polar surface area (TPSA) is 135 Å². The molecule has 0 saturated carbocycles. The molecule has 2 aromatic heterocycles. The van der Waals surface area contributed by atoms with Gasteiger partial charge in [-0.15, -0.1) is 0 Å². The SMILES string of the molecule is CC(C)C(=O)O[C@@H](C)C(=O)N1CCC(CCn2c(Sc3cc4c(cc3Br)OCO4)nc3c(N)ncnc32)CC1. The highest BCUT2D eigenvalue weighted by atomic mass is 79.9. The van der Waals surface area contributed by atoms with E-state index < -0.39 is 6.10 Å². The first-order chi connectivity index (χ1) is 18.7. The standard InChI is InChI=1S/C26H31BrN6O5S/c1-14(2)25(35)38-15(3)24(34)32-7-4-16(5-8-32)6-9-33-23-21(22(28)29-12-30-23)31-26(33)39-20-11-19-18(10-17(20)27)36-13-37-19/h10-12,14-16H,4-9,13H2,1-3H3,(H2,28,29,30)/t15-/m0/s1. The number of hydrogen-bond acceptors (Lipinski definition) is 10. The van der Waals surface area contributed by atoms with Crippen LogP contribution >= 0.6 is 27.7 Å². The van der Waals surface area contributed by atoms with Crippen molar-refractivity contribution in [2.24, 2.45) is 11.8 Å². The first-order valence-corrected chi connectivity index (χ1v) is 14.5. The van der Waals surface area contributed by atoms with Gasteiger partial charge < -0.3 is 29.4 Å². The van der Waals surface area contributed by atoms with E-state index in [0.29, 0.717) is 54.0 Å². The second kappa shape index (κ2) is 11.6. The molecule has 0 bridgehead atoms. The zero-order valence-electron chi connectivity index (χ0n) is 22.1. The van der Waals surface area contributed by atoms with Crippen LogP contribution in [0.3, 0.4) is 0 Å². The minimum atomic E-state index is -0.769. The molecule has 2 aliphatic heterocycles. The van der Waals surface area contributed by atoms with Crippen molar-refractivity contribution in [2.45, 2.75) is 62.7 Å². The number of nitrogens with zero attached hydrogens (tertiary/aromatic N) is 5. The van der Waals surface area contributed by atoms with Crippen LogP contribution in [-0.4, -0.2) is 62.3 Å². The third-order valence-electron chi connectivity index (χ3n) is 6.95. The minimum absolute atomic E-state index is 0.136. The van der Waals surface area contributed by atoms with Gasteiger partial charge in [-0.05, 0) is 60.2 Å². The molecule has 2 aliphatic rings. The largest absolute Gasteiger partial charge is 0.454 e. The third kappa shape index (κ3) is 5.93. The Kier molecular flexibility index (Phi) is 8.17. The number of carbonyl (C=O) groups excluding carboxylic acids is 2. The molecule has 13 heteroatoms. The summed E-state index contributed by atoms with van der Waals surface area (Å²) in [5, 5.41) is 0.755. The van der Waals surface area contributed by atoms with Crippen LogP contribution in [0.4, 0.5) is 5.82 Å². The summed E-state index contributed by atoms with van der Waals surface area (Å²) in [7, 11) is 0. The van der Waals surface area contributed by atoms with Crippen LogP contribution in [0.1, 0.15) is 40.0 Å². The van der Waals surface area contributed by atoms with Crippen LogP contribution in [0.25, 0.3) is 11.2 Å². The molecule has 0 spiro atoms. The van der Waals surface area contributed by atoms with Crippen molar-refractivity contribution in [1.29, 1.82) is 0 Å². The number of nitrogens with two attached hydrogens (primary N) is 1. The third-order valence-corrected chi connectivity index (χ3v) is 8.92. The number of ether oxygens (including phenoxy) is 3. The predicted octanol–water partition coefficient (Wildman–Crippen LogP) is 4.27. The van der Waals surface area contributed by atoms with E-state index in [0.717, 1.165) is 33.8 Å². The number of imidazole rings is 1. The number of halogens is 1. The lowest BCUT2D eigenvalue weighted by atomic mass is 9.93. The van der Waals surface area contributed by atoms with Gasteiger partial charge in [0.25, 0.3) is 5.91 Å². The minimum Gasteiger partial charge on any atom is -0.454 e. The lowest BCUT2D eigenvalue weighted by Gasteiger charge is -2.33. The molecule has 0 radical (unpaired) electrons. The van der Waals surface area contributed by atoms with E-state index in [-0.39, 0.29) is 24.6 Å². The monoisotopic (exact) mass is 618 g/mol. The smallest absolute Gasteiger partial charge is 0.309 e. The van der Waals surface area contributed by atoms with E-state index in [1.54, 1.807) is 25.7 Å². The number of amides is 1. The molecule has 1 fully saturated rings. The highest BCUT2D eigenvalue weighted by Gasteiger charge is 2.29. The summed E-state index contributed by atoms with van der Waals surface area (Å²) in [5.74, 6) is 1.40. The van der Waals surface area contributed by atoms with E-state index in [1.165, 1.54) is 18.1 Å². The Balaban J connectivity index is 1.26. The van der Waals surface area contributed by atoms with Gasteiger partial charge >= 0.3 is 5.97 Å². The first-order valence-electron chi connectivity index (χ1n) is 12.9. The van der Waals surface area contributed by atoms with Gasteiger partial charge in [0.15, 0.2) is 39.7 Å². The average Bonchev–Trinajstić information content (AvgIpc) is 3.51. The zero-order valence-corrected chi connectivity index (χ0v) is 24.5. The molecule has 0 aliphatic carbocycles. The number of aromatic nitrogens is 4. The van der Waals surface area contributed by atoms with Crippen LogP contribution in [0.5, 0.6) is 11.5 Å². The first kappa shape index (κ1) is 27.5. The van der Waals surface area contributed by atoms with Crippen molar-refractivity contribution in [3.63, 3.8) is 0 Å². The molecular weight excluding hydrogens is 588 g/mol. The van der Waals surface area contributed by atoms with Gasteiger partial charge in [-0.25, -0.2) is 15.0 Å². The van der Waals surface area contributed by atoms with Crippen LogP contribution in [0, 0.1) is 11.8 Å². The molecule has 0 unspecified atom stereocenters. The van der Waals surface area contributed by atoms with Crippen LogP contribution in [-0.2, 0) is 20.9 Å². The summed E-state index contributed by atoms with van der Waals surface area (Å²) in [6.07, 6.45) is 3.32. The maximum Gasteiger partial charge on any atom is 0.309 e. The molecule has 11 nitrogen and oxygen atoms in total. The van der Waals surface area contributed by atoms with Crippen molar-refractivity contribution in [3.8, 4) is 11.5 Å². The predicted molar refractivity (Wildman–Crippen MR) is 148 cm³/mol. The van der Waals surface area contributed by atoms with Gasteiger partial charge in [0.1, 0.15) is 6.33 Å². The molecule has 2 N–H and O–H groups in total. The fourth-order valence-electron chi connectivity index (χ4n) is 4.66. The van der Waals surface area contributed by atoms with Gasteiger partial charge in [-0.3, -0.25) is 9.59 Å². The number of likely N-dealkylation sites (tertiary alicyclic amines) is 1.